The van der Waals surface area contributed by atoms with Gasteiger partial charge in [0.05, 0.1) is 41.9 Å². The van der Waals surface area contributed by atoms with Gasteiger partial charge in [0.1, 0.15) is 11.4 Å². The average Bonchev–Trinajstić information content (AvgIpc) is 3.36. The van der Waals surface area contributed by atoms with Crippen molar-refractivity contribution in [2.24, 2.45) is 0 Å². The summed E-state index contributed by atoms with van der Waals surface area (Å²) in [6.07, 6.45) is 1.48. The molecule has 2 aliphatic heterocycles. The molecule has 0 aliphatic carbocycles. The number of hydrogen-bond donors (Lipinski definition) is 1. The molecule has 1 saturated heterocycles. The van der Waals surface area contributed by atoms with Crippen LogP contribution < -0.4 is 10.1 Å². The third kappa shape index (κ3) is 3.84. The highest BCUT2D eigenvalue weighted by molar-refractivity contribution is 6.22. The number of carbonyl (C=O) groups is 3. The predicted molar refractivity (Wildman–Crippen MR) is 108 cm³/mol. The van der Waals surface area contributed by atoms with Crippen molar-refractivity contribution in [1.82, 2.24) is 4.90 Å². The smallest absolute Gasteiger partial charge is 0.296 e. The van der Waals surface area contributed by atoms with Gasteiger partial charge in [-0.1, -0.05) is 0 Å². The van der Waals surface area contributed by atoms with Crippen LogP contribution in [0.25, 0.3) is 0 Å². The van der Waals surface area contributed by atoms with E-state index < -0.39 is 22.6 Å². The molecule has 0 radical (unpaired) electrons. The summed E-state index contributed by atoms with van der Waals surface area (Å²) < 4.78 is 10.5. The van der Waals surface area contributed by atoms with Crippen LogP contribution in [-0.2, 0) is 4.74 Å². The maximum atomic E-state index is 12.8. The van der Waals surface area contributed by atoms with Crippen molar-refractivity contribution in [2.45, 2.75) is 18.9 Å². The van der Waals surface area contributed by atoms with Gasteiger partial charge in [-0.05, 0) is 43.2 Å². The van der Waals surface area contributed by atoms with Crippen LogP contribution in [0.3, 0.4) is 0 Å². The molecule has 2 aliphatic rings. The highest BCUT2D eigenvalue weighted by atomic mass is 16.6. The fourth-order valence-electron chi connectivity index (χ4n) is 3.68. The quantitative estimate of drug-likeness (QED) is 0.428. The number of nitro benzene ring substituents is 1. The highest BCUT2D eigenvalue weighted by Crippen LogP contribution is 2.30. The zero-order chi connectivity index (χ0) is 22.1. The number of carbonyl (C=O) groups excluding carboxylic acids is 3. The molecule has 3 amide bonds. The molecule has 160 valence electrons. The number of imide groups is 1. The molecule has 1 atom stereocenters. The molecule has 0 spiro atoms. The Morgan fingerprint density at radius 3 is 2.68 bits per heavy atom. The first-order chi connectivity index (χ1) is 14.9. The summed E-state index contributed by atoms with van der Waals surface area (Å²) in [5.74, 6) is -1.28. The van der Waals surface area contributed by atoms with Crippen molar-refractivity contribution in [3.8, 4) is 5.75 Å². The second-order valence-corrected chi connectivity index (χ2v) is 7.21. The van der Waals surface area contributed by atoms with E-state index in [1.54, 1.807) is 0 Å². The van der Waals surface area contributed by atoms with Crippen LogP contribution in [0.1, 0.15) is 43.9 Å². The molecular weight excluding hydrogens is 406 g/mol. The number of methoxy groups -OCH3 is 1. The average molecular weight is 425 g/mol. The zero-order valence-corrected chi connectivity index (χ0v) is 16.6. The van der Waals surface area contributed by atoms with Gasteiger partial charge in [0, 0.05) is 12.2 Å². The Bertz CT molecular complexity index is 1090. The third-order valence-corrected chi connectivity index (χ3v) is 5.29. The van der Waals surface area contributed by atoms with E-state index in [-0.39, 0.29) is 46.5 Å². The van der Waals surface area contributed by atoms with Crippen LogP contribution in [0, 0.1) is 10.1 Å². The van der Waals surface area contributed by atoms with Gasteiger partial charge in [0.15, 0.2) is 0 Å². The Balaban J connectivity index is 1.56. The number of rotatable bonds is 6. The molecule has 1 unspecified atom stereocenters. The van der Waals surface area contributed by atoms with Crippen LogP contribution in [0.4, 0.5) is 11.4 Å². The van der Waals surface area contributed by atoms with Gasteiger partial charge in [0.2, 0.25) is 0 Å². The minimum Gasteiger partial charge on any atom is -0.496 e. The summed E-state index contributed by atoms with van der Waals surface area (Å²) >= 11 is 0. The normalized spacial score (nSPS) is 17.6. The topological polar surface area (TPSA) is 128 Å². The van der Waals surface area contributed by atoms with Gasteiger partial charge in [-0.25, -0.2) is 0 Å². The minimum absolute atomic E-state index is 0.0151. The molecule has 0 saturated carbocycles. The number of amides is 3. The lowest BCUT2D eigenvalue weighted by Crippen LogP contribution is -2.36. The SMILES string of the molecule is COc1ccc(NC(=O)c2ccc3c(c2)C(=O)N(CC2CCCO2)C3=O)c([N+](=O)[O-])c1. The van der Waals surface area contributed by atoms with E-state index >= 15 is 0 Å². The van der Waals surface area contributed by atoms with Crippen LogP contribution in [0.5, 0.6) is 5.75 Å². The van der Waals surface area contributed by atoms with Gasteiger partial charge in [-0.2, -0.15) is 0 Å². The molecule has 2 heterocycles. The Kier molecular flexibility index (Phi) is 5.38. The van der Waals surface area contributed by atoms with Crippen molar-refractivity contribution in [3.63, 3.8) is 0 Å². The molecule has 10 heteroatoms. The first-order valence-corrected chi connectivity index (χ1v) is 9.64. The van der Waals surface area contributed by atoms with Crippen LogP contribution >= 0.6 is 0 Å². The summed E-state index contributed by atoms with van der Waals surface area (Å²) in [6, 6.07) is 8.20. The molecular formula is C21H19N3O7. The second-order valence-electron chi connectivity index (χ2n) is 7.21. The van der Waals surface area contributed by atoms with E-state index in [4.69, 9.17) is 9.47 Å². The van der Waals surface area contributed by atoms with Crippen molar-refractivity contribution >= 4 is 29.1 Å². The fraction of sp³-hybridized carbons (Fsp3) is 0.286. The summed E-state index contributed by atoms with van der Waals surface area (Å²) in [4.78, 5) is 49.9. The van der Waals surface area contributed by atoms with Crippen LogP contribution in [0.2, 0.25) is 0 Å². The molecule has 2 aromatic rings. The van der Waals surface area contributed by atoms with Crippen molar-refractivity contribution < 1.29 is 28.8 Å². The number of anilines is 1. The maximum absolute atomic E-state index is 12.8. The van der Waals surface area contributed by atoms with Crippen LogP contribution in [-0.4, -0.2) is 53.9 Å². The molecule has 1 N–H and O–H groups in total. The van der Waals surface area contributed by atoms with E-state index in [1.165, 1.54) is 43.5 Å². The standard InChI is InChI=1S/C21H19N3O7/c1-30-13-5-7-17(18(10-13)24(28)29)22-19(25)12-4-6-15-16(9-12)21(27)23(20(15)26)11-14-3-2-8-31-14/h4-7,9-10,14H,2-3,8,11H2,1H3,(H,22,25). The molecule has 2 aromatic carbocycles. The highest BCUT2D eigenvalue weighted by Gasteiger charge is 2.38. The van der Waals surface area contributed by atoms with Gasteiger partial charge >= 0.3 is 0 Å². The Morgan fingerprint density at radius 1 is 1.23 bits per heavy atom. The summed E-state index contributed by atoms with van der Waals surface area (Å²) in [7, 11) is 1.38. The maximum Gasteiger partial charge on any atom is 0.296 e. The van der Waals surface area contributed by atoms with E-state index in [0.717, 1.165) is 17.7 Å². The summed E-state index contributed by atoms with van der Waals surface area (Å²) in [5.41, 5.74) is 0.0976. The van der Waals surface area contributed by atoms with E-state index in [2.05, 4.69) is 5.32 Å². The van der Waals surface area contributed by atoms with Crippen molar-refractivity contribution in [1.29, 1.82) is 0 Å². The van der Waals surface area contributed by atoms with Gasteiger partial charge in [0.25, 0.3) is 23.4 Å². The Hall–Kier alpha value is -3.79. The first kappa shape index (κ1) is 20.5. The van der Waals surface area contributed by atoms with E-state index in [0.29, 0.717) is 6.61 Å². The van der Waals surface area contributed by atoms with E-state index in [9.17, 15) is 24.5 Å². The Morgan fingerprint density at radius 2 is 2.00 bits per heavy atom. The lowest BCUT2D eigenvalue weighted by molar-refractivity contribution is -0.384. The summed E-state index contributed by atoms with van der Waals surface area (Å²) in [5, 5.41) is 13.8. The largest absolute Gasteiger partial charge is 0.496 e. The zero-order valence-electron chi connectivity index (χ0n) is 16.6. The minimum atomic E-state index is -0.645. The number of hydrogen-bond acceptors (Lipinski definition) is 7. The van der Waals surface area contributed by atoms with E-state index in [1.807, 2.05) is 0 Å². The molecule has 1 fully saturated rings. The molecule has 0 bridgehead atoms. The van der Waals surface area contributed by atoms with Gasteiger partial charge in [-0.15, -0.1) is 0 Å². The summed E-state index contributed by atoms with van der Waals surface area (Å²) in [6.45, 7) is 0.779. The number of benzene rings is 2. The number of nitrogens with one attached hydrogen (secondary N) is 1. The molecule has 31 heavy (non-hydrogen) atoms. The number of ether oxygens (including phenoxy) is 2. The third-order valence-electron chi connectivity index (χ3n) is 5.29. The predicted octanol–water partition coefficient (Wildman–Crippen LogP) is 2.63. The first-order valence-electron chi connectivity index (χ1n) is 9.64. The number of fused-ring (bicyclic) bond motifs is 1. The fourth-order valence-corrected chi connectivity index (χ4v) is 3.68. The lowest BCUT2D eigenvalue weighted by atomic mass is 10.1. The van der Waals surface area contributed by atoms with Crippen LogP contribution in [0.15, 0.2) is 36.4 Å². The second kappa shape index (κ2) is 8.15. The van der Waals surface area contributed by atoms with Gasteiger partial charge in [-0.3, -0.25) is 29.4 Å². The number of nitro groups is 1. The monoisotopic (exact) mass is 425 g/mol. The van der Waals surface area contributed by atoms with Gasteiger partial charge < -0.3 is 14.8 Å². The van der Waals surface area contributed by atoms with Crippen molar-refractivity contribution in [2.75, 3.05) is 25.6 Å². The number of nitrogens with zero attached hydrogens (tertiary/aromatic N) is 2. The molecule has 10 nitrogen and oxygen atoms in total. The van der Waals surface area contributed by atoms with Crippen molar-refractivity contribution in [3.05, 3.63) is 63.2 Å². The Labute approximate surface area is 176 Å². The lowest BCUT2D eigenvalue weighted by Gasteiger charge is -2.17. The molecule has 0 aromatic heterocycles. The molecule has 4 rings (SSSR count).